The minimum absolute atomic E-state index is 0.0508. The maximum Gasteiger partial charge on any atom is 0.248 e. The maximum absolute atomic E-state index is 9.39. The van der Waals surface area contributed by atoms with Crippen molar-refractivity contribution in [2.45, 2.75) is 46.6 Å². The summed E-state index contributed by atoms with van der Waals surface area (Å²) in [7, 11) is 0. The van der Waals surface area contributed by atoms with Crippen LogP contribution in [0.3, 0.4) is 0 Å². The number of hydrogen-bond donors (Lipinski definition) is 3. The zero-order chi connectivity index (χ0) is 20.4. The summed E-state index contributed by atoms with van der Waals surface area (Å²) in [5.41, 5.74) is 0.853. The van der Waals surface area contributed by atoms with E-state index in [0.717, 1.165) is 37.9 Å². The summed E-state index contributed by atoms with van der Waals surface area (Å²) in [6, 6.07) is 7.32. The summed E-state index contributed by atoms with van der Waals surface area (Å²) in [5.74, 6) is 1.61. The van der Waals surface area contributed by atoms with Crippen molar-refractivity contribution in [1.29, 1.82) is 0 Å². The van der Waals surface area contributed by atoms with E-state index in [-0.39, 0.29) is 18.6 Å². The monoisotopic (exact) mass is 407 g/mol. The number of aliphatic imine (C=N–C) groups is 1. The lowest BCUT2D eigenvalue weighted by atomic mass is 9.79. The molecule has 3 N–H and O–H groups in total. The number of aliphatic hydroxyl groups is 1. The molecule has 1 heterocycles. The van der Waals surface area contributed by atoms with Gasteiger partial charge in [0.15, 0.2) is 5.96 Å². The van der Waals surface area contributed by atoms with Crippen LogP contribution in [0.5, 0.6) is 0 Å². The fourth-order valence-electron chi connectivity index (χ4n) is 3.00. The van der Waals surface area contributed by atoms with Crippen LogP contribution in [0.15, 0.2) is 33.8 Å². The molecule has 0 saturated carbocycles. The van der Waals surface area contributed by atoms with Crippen LogP contribution in [0, 0.1) is 5.41 Å². The molecule has 1 aromatic heterocycles. The van der Waals surface area contributed by atoms with E-state index in [1.807, 2.05) is 19.1 Å². The standard InChI is InChI=1S/C20H30ClN5O2/c1-4-20(5-2,10-11-27)14-24-19(22-6-3)23-13-17-25-18(26-28-17)15-8-7-9-16(21)12-15/h7-9,12,27H,4-6,10-11,13-14H2,1-3H3,(H2,22,23,24). The van der Waals surface area contributed by atoms with Crippen molar-refractivity contribution >= 4 is 17.6 Å². The van der Waals surface area contributed by atoms with Crippen LogP contribution >= 0.6 is 11.6 Å². The predicted molar refractivity (Wildman–Crippen MR) is 112 cm³/mol. The van der Waals surface area contributed by atoms with Crippen LogP contribution < -0.4 is 10.6 Å². The SMILES string of the molecule is CCNC(=NCc1nc(-c2cccc(Cl)c2)no1)NCC(CC)(CC)CCO. The van der Waals surface area contributed by atoms with E-state index in [1.54, 1.807) is 12.1 Å². The van der Waals surface area contributed by atoms with E-state index < -0.39 is 0 Å². The summed E-state index contributed by atoms with van der Waals surface area (Å²) >= 11 is 6.02. The average molecular weight is 408 g/mol. The average Bonchev–Trinajstić information content (AvgIpc) is 3.18. The molecular formula is C20H30ClN5O2. The van der Waals surface area contributed by atoms with Gasteiger partial charge in [-0.15, -0.1) is 0 Å². The molecule has 7 nitrogen and oxygen atoms in total. The number of hydrogen-bond acceptors (Lipinski definition) is 5. The normalized spacial score (nSPS) is 12.2. The van der Waals surface area contributed by atoms with Crippen molar-refractivity contribution in [2.24, 2.45) is 10.4 Å². The molecule has 0 aliphatic rings. The molecule has 1 aromatic carbocycles. The van der Waals surface area contributed by atoms with Crippen LogP contribution in [0.2, 0.25) is 5.02 Å². The molecule has 154 valence electrons. The molecule has 0 saturated heterocycles. The largest absolute Gasteiger partial charge is 0.396 e. The molecule has 2 rings (SSSR count). The first-order chi connectivity index (χ1) is 13.6. The zero-order valence-corrected chi connectivity index (χ0v) is 17.6. The summed E-state index contributed by atoms with van der Waals surface area (Å²) < 4.78 is 5.31. The Morgan fingerprint density at radius 3 is 2.68 bits per heavy atom. The second-order valence-electron chi connectivity index (χ2n) is 6.75. The lowest BCUT2D eigenvalue weighted by Crippen LogP contribution is -2.43. The van der Waals surface area contributed by atoms with Gasteiger partial charge in [0.2, 0.25) is 11.7 Å². The Morgan fingerprint density at radius 2 is 2.04 bits per heavy atom. The molecular weight excluding hydrogens is 378 g/mol. The number of nitrogens with one attached hydrogen (secondary N) is 2. The predicted octanol–water partition coefficient (Wildman–Crippen LogP) is 3.63. The number of rotatable bonds is 10. The van der Waals surface area contributed by atoms with Gasteiger partial charge in [-0.1, -0.05) is 42.7 Å². The summed E-state index contributed by atoms with van der Waals surface area (Å²) in [6.07, 6.45) is 2.74. The third kappa shape index (κ3) is 6.21. The van der Waals surface area contributed by atoms with Crippen LogP contribution in [0.1, 0.15) is 45.9 Å². The Bertz CT molecular complexity index is 759. The summed E-state index contributed by atoms with van der Waals surface area (Å²) in [5, 5.41) is 20.6. The quantitative estimate of drug-likeness (QED) is 0.411. The fraction of sp³-hybridized carbons (Fsp3) is 0.550. The minimum atomic E-state index is 0.0508. The van der Waals surface area contributed by atoms with Crippen LogP contribution in [0.25, 0.3) is 11.4 Å². The first-order valence-corrected chi connectivity index (χ1v) is 10.1. The van der Waals surface area contributed by atoms with Crippen molar-refractivity contribution in [2.75, 3.05) is 19.7 Å². The minimum Gasteiger partial charge on any atom is -0.396 e. The number of benzene rings is 1. The third-order valence-corrected chi connectivity index (χ3v) is 5.28. The Balaban J connectivity index is 2.04. The van der Waals surface area contributed by atoms with E-state index in [4.69, 9.17) is 16.1 Å². The van der Waals surface area contributed by atoms with Crippen LogP contribution in [-0.2, 0) is 6.54 Å². The molecule has 0 fully saturated rings. The van der Waals surface area contributed by atoms with Gasteiger partial charge in [-0.25, -0.2) is 4.99 Å². The molecule has 8 heteroatoms. The highest BCUT2D eigenvalue weighted by molar-refractivity contribution is 6.30. The van der Waals surface area contributed by atoms with Gasteiger partial charge in [-0.3, -0.25) is 0 Å². The second-order valence-corrected chi connectivity index (χ2v) is 7.19. The highest BCUT2D eigenvalue weighted by Gasteiger charge is 2.25. The van der Waals surface area contributed by atoms with Crippen molar-refractivity contribution < 1.29 is 9.63 Å². The Hall–Kier alpha value is -2.12. The maximum atomic E-state index is 9.39. The zero-order valence-electron chi connectivity index (χ0n) is 16.8. The topological polar surface area (TPSA) is 95.6 Å². The molecule has 0 atom stereocenters. The molecule has 28 heavy (non-hydrogen) atoms. The summed E-state index contributed by atoms with van der Waals surface area (Å²) in [4.78, 5) is 8.94. The van der Waals surface area contributed by atoms with Crippen molar-refractivity contribution in [3.05, 3.63) is 35.2 Å². The van der Waals surface area contributed by atoms with Gasteiger partial charge in [-0.05, 0) is 43.7 Å². The number of guanidine groups is 1. The Labute approximate surface area is 171 Å². The Kier molecular flexibility index (Phi) is 8.73. The molecule has 2 aromatic rings. The van der Waals surface area contributed by atoms with E-state index in [1.165, 1.54) is 0 Å². The Morgan fingerprint density at radius 1 is 1.25 bits per heavy atom. The molecule has 0 aliphatic heterocycles. The van der Waals surface area contributed by atoms with Gasteiger partial charge in [0.1, 0.15) is 6.54 Å². The molecule has 0 unspecified atom stereocenters. The highest BCUT2D eigenvalue weighted by Crippen LogP contribution is 2.29. The smallest absolute Gasteiger partial charge is 0.248 e. The molecule has 0 radical (unpaired) electrons. The first-order valence-electron chi connectivity index (χ1n) is 9.77. The second kappa shape index (κ2) is 11.0. The van der Waals surface area contributed by atoms with Gasteiger partial charge in [0.05, 0.1) is 0 Å². The molecule has 0 spiro atoms. The van der Waals surface area contributed by atoms with E-state index in [9.17, 15) is 5.11 Å². The van der Waals surface area contributed by atoms with Crippen LogP contribution in [-0.4, -0.2) is 40.9 Å². The molecule has 0 aliphatic carbocycles. The number of aromatic nitrogens is 2. The lowest BCUT2D eigenvalue weighted by Gasteiger charge is -2.32. The van der Waals surface area contributed by atoms with E-state index in [0.29, 0.717) is 22.7 Å². The van der Waals surface area contributed by atoms with E-state index >= 15 is 0 Å². The van der Waals surface area contributed by atoms with Gasteiger partial charge in [0.25, 0.3) is 0 Å². The summed E-state index contributed by atoms with van der Waals surface area (Å²) in [6.45, 7) is 8.27. The number of nitrogens with zero attached hydrogens (tertiary/aromatic N) is 3. The molecule has 0 amide bonds. The number of aliphatic hydroxyl groups excluding tert-OH is 1. The molecule has 0 bridgehead atoms. The van der Waals surface area contributed by atoms with Gasteiger partial charge in [0, 0.05) is 30.3 Å². The van der Waals surface area contributed by atoms with Crippen molar-refractivity contribution in [1.82, 2.24) is 20.8 Å². The van der Waals surface area contributed by atoms with Crippen molar-refractivity contribution in [3.63, 3.8) is 0 Å². The van der Waals surface area contributed by atoms with Gasteiger partial charge in [-0.2, -0.15) is 4.98 Å². The van der Waals surface area contributed by atoms with E-state index in [2.05, 4.69) is 39.6 Å². The fourth-order valence-corrected chi connectivity index (χ4v) is 3.19. The lowest BCUT2D eigenvalue weighted by molar-refractivity contribution is 0.169. The van der Waals surface area contributed by atoms with Crippen LogP contribution in [0.4, 0.5) is 0 Å². The van der Waals surface area contributed by atoms with Gasteiger partial charge < -0.3 is 20.3 Å². The third-order valence-electron chi connectivity index (χ3n) is 5.04. The highest BCUT2D eigenvalue weighted by atomic mass is 35.5. The first kappa shape index (κ1) is 22.2. The van der Waals surface area contributed by atoms with Crippen molar-refractivity contribution in [3.8, 4) is 11.4 Å². The van der Waals surface area contributed by atoms with Gasteiger partial charge >= 0.3 is 0 Å². The number of halogens is 1.